The lowest BCUT2D eigenvalue weighted by Gasteiger charge is -2.43. The van der Waals surface area contributed by atoms with E-state index in [9.17, 15) is 9.90 Å². The molecule has 1 aromatic heterocycles. The molecule has 3 fully saturated rings. The van der Waals surface area contributed by atoms with Crippen molar-refractivity contribution in [2.24, 2.45) is 18.9 Å². The monoisotopic (exact) mass is 390 g/mol. The Kier molecular flexibility index (Phi) is 5.76. The molecule has 1 N–H and O–H groups in total. The van der Waals surface area contributed by atoms with Gasteiger partial charge in [-0.15, -0.1) is 0 Å². The molecule has 0 spiro atoms. The second-order valence-electron chi connectivity index (χ2n) is 8.85. The number of morpholine rings is 1. The minimum absolute atomic E-state index is 0.223. The van der Waals surface area contributed by atoms with Crippen LogP contribution >= 0.6 is 0 Å². The molecule has 28 heavy (non-hydrogen) atoms. The molecule has 1 saturated carbocycles. The van der Waals surface area contributed by atoms with Crippen molar-refractivity contribution >= 4 is 5.91 Å². The highest BCUT2D eigenvalue weighted by Gasteiger charge is 2.44. The van der Waals surface area contributed by atoms with Gasteiger partial charge in [0.1, 0.15) is 0 Å². The Hall–Kier alpha value is -1.44. The first-order valence-electron chi connectivity index (χ1n) is 10.7. The van der Waals surface area contributed by atoms with Crippen LogP contribution in [0.5, 0.6) is 0 Å². The van der Waals surface area contributed by atoms with Crippen molar-refractivity contribution in [2.75, 3.05) is 39.4 Å². The summed E-state index contributed by atoms with van der Waals surface area (Å²) < 4.78 is 7.36. The van der Waals surface area contributed by atoms with Crippen molar-refractivity contribution in [3.63, 3.8) is 0 Å². The number of aryl methyl sites for hydroxylation is 2. The normalized spacial score (nSPS) is 31.2. The number of hydrogen-bond donors (Lipinski definition) is 1. The van der Waals surface area contributed by atoms with Gasteiger partial charge in [0.05, 0.1) is 25.0 Å². The highest BCUT2D eigenvalue weighted by molar-refractivity contribution is 5.77. The van der Waals surface area contributed by atoms with Crippen LogP contribution in [0.3, 0.4) is 0 Å². The van der Waals surface area contributed by atoms with E-state index in [2.05, 4.69) is 16.9 Å². The summed E-state index contributed by atoms with van der Waals surface area (Å²) in [5.74, 6) is 1.20. The van der Waals surface area contributed by atoms with Crippen LogP contribution < -0.4 is 0 Å². The summed E-state index contributed by atoms with van der Waals surface area (Å²) in [6.45, 7) is 9.08. The molecule has 1 amide bonds. The number of likely N-dealkylation sites (tertiary alicyclic amines) is 1. The molecule has 4 rings (SSSR count). The van der Waals surface area contributed by atoms with Gasteiger partial charge in [0, 0.05) is 51.4 Å². The maximum absolute atomic E-state index is 12.9. The molecule has 156 valence electrons. The van der Waals surface area contributed by atoms with E-state index >= 15 is 0 Å². The van der Waals surface area contributed by atoms with Crippen molar-refractivity contribution in [1.29, 1.82) is 0 Å². The summed E-state index contributed by atoms with van der Waals surface area (Å²) in [6, 6.07) is 0.223. The van der Waals surface area contributed by atoms with E-state index in [0.29, 0.717) is 18.3 Å². The molecular weight excluding hydrogens is 356 g/mol. The van der Waals surface area contributed by atoms with Crippen molar-refractivity contribution in [2.45, 2.75) is 51.7 Å². The van der Waals surface area contributed by atoms with Gasteiger partial charge in [-0.3, -0.25) is 14.4 Å². The fraction of sp³-hybridized carbons (Fsp3) is 0.810. The number of fused-ring (bicyclic) bond motifs is 1. The summed E-state index contributed by atoms with van der Waals surface area (Å²) in [5, 5.41) is 15.2. The van der Waals surface area contributed by atoms with Gasteiger partial charge < -0.3 is 14.7 Å². The smallest absolute Gasteiger partial charge is 0.222 e. The lowest BCUT2D eigenvalue weighted by Crippen LogP contribution is -2.53. The third-order valence-corrected chi connectivity index (χ3v) is 7.22. The minimum Gasteiger partial charge on any atom is -0.391 e. The molecule has 1 aliphatic carbocycles. The van der Waals surface area contributed by atoms with E-state index in [-0.39, 0.29) is 18.1 Å². The SMILES string of the molecule is Cc1nn(C)c(C)c1CCC(=O)N1C[C@H]2C[C@@H](N3CCOCC3)[C@H](O)C[C@H]2C1. The fourth-order valence-electron chi connectivity index (χ4n) is 5.48. The number of carbonyl (C=O) groups is 1. The van der Waals surface area contributed by atoms with Gasteiger partial charge in [-0.05, 0) is 50.5 Å². The molecule has 0 unspecified atom stereocenters. The quantitative estimate of drug-likeness (QED) is 0.827. The average molecular weight is 391 g/mol. The molecule has 2 aliphatic heterocycles. The number of ether oxygens (including phenoxy) is 1. The van der Waals surface area contributed by atoms with Crippen molar-refractivity contribution in [3.05, 3.63) is 17.0 Å². The standard InChI is InChI=1S/C21H34N4O3/c1-14-18(15(2)23(3)22-14)4-5-21(27)25-12-16-10-19(20(26)11-17(16)13-25)24-6-8-28-9-7-24/h16-17,19-20,26H,4-13H2,1-3H3/t16-,17+,19-,20-/m1/s1. The predicted molar refractivity (Wildman–Crippen MR) is 106 cm³/mol. The highest BCUT2D eigenvalue weighted by Crippen LogP contribution is 2.38. The minimum atomic E-state index is -0.282. The molecule has 0 radical (unpaired) electrons. The first-order valence-corrected chi connectivity index (χ1v) is 10.7. The largest absolute Gasteiger partial charge is 0.391 e. The van der Waals surface area contributed by atoms with Gasteiger partial charge in [-0.1, -0.05) is 0 Å². The predicted octanol–water partition coefficient (Wildman–Crippen LogP) is 0.900. The molecule has 3 heterocycles. The second-order valence-corrected chi connectivity index (χ2v) is 8.85. The van der Waals surface area contributed by atoms with E-state index in [1.54, 1.807) is 0 Å². The molecule has 1 aromatic rings. The van der Waals surface area contributed by atoms with Crippen LogP contribution in [0, 0.1) is 25.7 Å². The van der Waals surface area contributed by atoms with Gasteiger partial charge in [-0.2, -0.15) is 5.10 Å². The number of nitrogens with zero attached hydrogens (tertiary/aromatic N) is 4. The van der Waals surface area contributed by atoms with Crippen LogP contribution in [-0.2, 0) is 23.0 Å². The Balaban J connectivity index is 1.33. The van der Waals surface area contributed by atoms with E-state index in [1.165, 1.54) is 5.56 Å². The summed E-state index contributed by atoms with van der Waals surface area (Å²) >= 11 is 0. The van der Waals surface area contributed by atoms with Gasteiger partial charge in [0.15, 0.2) is 0 Å². The maximum atomic E-state index is 12.9. The number of aliphatic hydroxyl groups is 1. The van der Waals surface area contributed by atoms with E-state index in [0.717, 1.165) is 70.0 Å². The van der Waals surface area contributed by atoms with Crippen LogP contribution in [0.15, 0.2) is 0 Å². The van der Waals surface area contributed by atoms with Crippen LogP contribution in [0.1, 0.15) is 36.2 Å². The topological polar surface area (TPSA) is 70.8 Å². The summed E-state index contributed by atoms with van der Waals surface area (Å²) in [5.41, 5.74) is 3.38. The number of rotatable bonds is 4. The average Bonchev–Trinajstić information content (AvgIpc) is 3.20. The third kappa shape index (κ3) is 3.84. The zero-order valence-corrected chi connectivity index (χ0v) is 17.4. The molecule has 2 saturated heterocycles. The molecule has 0 aromatic carbocycles. The van der Waals surface area contributed by atoms with Crippen molar-refractivity contribution < 1.29 is 14.6 Å². The van der Waals surface area contributed by atoms with Gasteiger partial charge in [0.25, 0.3) is 0 Å². The fourth-order valence-corrected chi connectivity index (χ4v) is 5.48. The van der Waals surface area contributed by atoms with E-state index in [1.807, 2.05) is 23.6 Å². The van der Waals surface area contributed by atoms with Gasteiger partial charge >= 0.3 is 0 Å². The number of carbonyl (C=O) groups excluding carboxylic acids is 1. The van der Waals surface area contributed by atoms with Crippen LogP contribution in [-0.4, -0.2) is 82.1 Å². The van der Waals surface area contributed by atoms with Crippen LogP contribution in [0.25, 0.3) is 0 Å². The third-order valence-electron chi connectivity index (χ3n) is 7.22. The van der Waals surface area contributed by atoms with E-state index in [4.69, 9.17) is 4.74 Å². The summed E-state index contributed by atoms with van der Waals surface area (Å²) in [4.78, 5) is 17.3. The Bertz CT molecular complexity index is 713. The Morgan fingerprint density at radius 3 is 2.50 bits per heavy atom. The van der Waals surface area contributed by atoms with Crippen molar-refractivity contribution in [3.8, 4) is 0 Å². The zero-order valence-electron chi connectivity index (χ0n) is 17.4. The Labute approximate surface area is 167 Å². The molecule has 7 heteroatoms. The number of hydrogen-bond acceptors (Lipinski definition) is 5. The van der Waals surface area contributed by atoms with Crippen molar-refractivity contribution in [1.82, 2.24) is 19.6 Å². The van der Waals surface area contributed by atoms with Crippen LogP contribution in [0.4, 0.5) is 0 Å². The number of aliphatic hydroxyl groups excluding tert-OH is 1. The Morgan fingerprint density at radius 1 is 1.18 bits per heavy atom. The second kappa shape index (κ2) is 8.13. The molecule has 3 aliphatic rings. The summed E-state index contributed by atoms with van der Waals surface area (Å²) in [6.07, 6.45) is 2.83. The highest BCUT2D eigenvalue weighted by atomic mass is 16.5. The first kappa shape index (κ1) is 19.9. The molecule has 7 nitrogen and oxygen atoms in total. The molecule has 0 bridgehead atoms. The van der Waals surface area contributed by atoms with Crippen LogP contribution in [0.2, 0.25) is 0 Å². The molecule has 4 atom stereocenters. The first-order chi connectivity index (χ1) is 13.4. The Morgan fingerprint density at radius 2 is 1.86 bits per heavy atom. The lowest BCUT2D eigenvalue weighted by atomic mass is 9.77. The lowest BCUT2D eigenvalue weighted by molar-refractivity contribution is -0.130. The number of amides is 1. The van der Waals surface area contributed by atoms with Gasteiger partial charge in [0.2, 0.25) is 5.91 Å². The van der Waals surface area contributed by atoms with Gasteiger partial charge in [-0.25, -0.2) is 0 Å². The number of aromatic nitrogens is 2. The van der Waals surface area contributed by atoms with E-state index < -0.39 is 0 Å². The zero-order chi connectivity index (χ0) is 19.8. The summed E-state index contributed by atoms with van der Waals surface area (Å²) in [7, 11) is 1.95. The maximum Gasteiger partial charge on any atom is 0.222 e. The molecular formula is C21H34N4O3.